The summed E-state index contributed by atoms with van der Waals surface area (Å²) in [6.07, 6.45) is 4.70. The van der Waals surface area contributed by atoms with Gasteiger partial charge in [-0.25, -0.2) is 0 Å². The molecule has 1 heterocycles. The van der Waals surface area contributed by atoms with Crippen LogP contribution in [0.25, 0.3) is 0 Å². The average molecular weight is 339 g/mol. The van der Waals surface area contributed by atoms with Gasteiger partial charge < -0.3 is 19.9 Å². The van der Waals surface area contributed by atoms with Crippen LogP contribution in [0.15, 0.2) is 36.4 Å². The van der Waals surface area contributed by atoms with Gasteiger partial charge in [0.1, 0.15) is 17.6 Å². The van der Waals surface area contributed by atoms with Crippen molar-refractivity contribution in [3.63, 3.8) is 0 Å². The number of hydrogen-bond donors (Lipinski definition) is 1. The van der Waals surface area contributed by atoms with Gasteiger partial charge in [0.2, 0.25) is 0 Å². The molecule has 0 radical (unpaired) electrons. The van der Waals surface area contributed by atoms with Crippen molar-refractivity contribution < 1.29 is 14.2 Å². The zero-order valence-electron chi connectivity index (χ0n) is 14.8. The molecule has 132 valence electrons. The highest BCUT2D eigenvalue weighted by molar-refractivity contribution is 5.57. The number of nitrogen functional groups attached to an aromatic ring is 1. The summed E-state index contributed by atoms with van der Waals surface area (Å²) in [5, 5.41) is 0. The monoisotopic (exact) mass is 339 g/mol. The molecule has 0 unspecified atom stereocenters. The molecule has 1 saturated carbocycles. The lowest BCUT2D eigenvalue weighted by Crippen LogP contribution is -2.34. The van der Waals surface area contributed by atoms with Crippen molar-refractivity contribution in [3.8, 4) is 11.5 Å². The number of fused-ring (bicyclic) bond motifs is 3. The Balaban J connectivity index is 1.93. The van der Waals surface area contributed by atoms with Gasteiger partial charge in [0.15, 0.2) is 0 Å². The van der Waals surface area contributed by atoms with Crippen molar-refractivity contribution in [2.75, 3.05) is 20.0 Å². The third kappa shape index (κ3) is 2.74. The average Bonchev–Trinajstić information content (AvgIpc) is 2.66. The number of rotatable bonds is 3. The molecule has 0 aromatic heterocycles. The predicted molar refractivity (Wildman–Crippen MR) is 98.3 cm³/mol. The Bertz CT molecular complexity index is 774. The molecule has 0 spiro atoms. The van der Waals surface area contributed by atoms with Crippen LogP contribution in [0.3, 0.4) is 0 Å². The van der Waals surface area contributed by atoms with E-state index in [0.717, 1.165) is 41.2 Å². The Hall–Kier alpha value is -2.20. The molecule has 1 aliphatic heterocycles. The first-order valence-corrected chi connectivity index (χ1v) is 8.98. The minimum absolute atomic E-state index is 0.178. The summed E-state index contributed by atoms with van der Waals surface area (Å²) in [6.45, 7) is 0. The van der Waals surface area contributed by atoms with Gasteiger partial charge in [-0.3, -0.25) is 0 Å². The highest BCUT2D eigenvalue weighted by Gasteiger charge is 2.41. The highest BCUT2D eigenvalue weighted by atomic mass is 16.5. The van der Waals surface area contributed by atoms with E-state index >= 15 is 0 Å². The van der Waals surface area contributed by atoms with E-state index in [1.165, 1.54) is 18.4 Å². The van der Waals surface area contributed by atoms with Crippen LogP contribution in [0.1, 0.15) is 54.4 Å². The fraction of sp³-hybridized carbons (Fsp3) is 0.429. The van der Waals surface area contributed by atoms with Crippen LogP contribution >= 0.6 is 0 Å². The maximum atomic E-state index is 6.61. The molecule has 4 heteroatoms. The van der Waals surface area contributed by atoms with Gasteiger partial charge in [0.05, 0.1) is 20.3 Å². The topological polar surface area (TPSA) is 53.7 Å². The number of hydrogen-bond acceptors (Lipinski definition) is 4. The number of methoxy groups -OCH3 is 2. The van der Waals surface area contributed by atoms with Gasteiger partial charge in [-0.15, -0.1) is 0 Å². The Labute approximate surface area is 148 Å². The first-order valence-electron chi connectivity index (χ1n) is 8.98. The predicted octanol–water partition coefficient (Wildman–Crippen LogP) is 4.43. The fourth-order valence-corrected chi connectivity index (χ4v) is 4.41. The first kappa shape index (κ1) is 16.3. The molecule has 0 bridgehead atoms. The zero-order chi connectivity index (χ0) is 17.4. The molecule has 2 aromatic rings. The second-order valence-corrected chi connectivity index (χ2v) is 6.91. The molecule has 2 aromatic carbocycles. The molecule has 0 amide bonds. The van der Waals surface area contributed by atoms with Gasteiger partial charge in [-0.1, -0.05) is 25.0 Å². The molecule has 2 N–H and O–H groups in total. The summed E-state index contributed by atoms with van der Waals surface area (Å²) < 4.78 is 18.0. The van der Waals surface area contributed by atoms with Gasteiger partial charge in [0.25, 0.3) is 0 Å². The third-order valence-electron chi connectivity index (χ3n) is 5.51. The van der Waals surface area contributed by atoms with Crippen LogP contribution in [0.5, 0.6) is 11.5 Å². The largest absolute Gasteiger partial charge is 0.496 e. The van der Waals surface area contributed by atoms with Crippen LogP contribution in [0.2, 0.25) is 0 Å². The third-order valence-corrected chi connectivity index (χ3v) is 5.51. The van der Waals surface area contributed by atoms with Crippen molar-refractivity contribution in [1.82, 2.24) is 0 Å². The SMILES string of the molecule is COc1ccc(OC)c2c1[C@H](c1cccc(N)c1)O[C@@H]1CCCC[C@@H]21. The van der Waals surface area contributed by atoms with E-state index in [1.54, 1.807) is 14.2 Å². The lowest BCUT2D eigenvalue weighted by Gasteiger charge is -2.42. The lowest BCUT2D eigenvalue weighted by atomic mass is 9.75. The summed E-state index contributed by atoms with van der Waals surface area (Å²) in [6, 6.07) is 11.9. The molecular formula is C21H25NO3. The van der Waals surface area contributed by atoms with Gasteiger partial charge in [0, 0.05) is 22.7 Å². The molecule has 4 nitrogen and oxygen atoms in total. The van der Waals surface area contributed by atoms with Crippen LogP contribution in [-0.2, 0) is 4.74 Å². The summed E-state index contributed by atoms with van der Waals surface area (Å²) in [7, 11) is 3.45. The Morgan fingerprint density at radius 2 is 1.68 bits per heavy atom. The molecular weight excluding hydrogens is 314 g/mol. The Morgan fingerprint density at radius 3 is 2.40 bits per heavy atom. The molecule has 0 saturated heterocycles. The maximum Gasteiger partial charge on any atom is 0.125 e. The molecule has 1 aliphatic carbocycles. The summed E-state index contributed by atoms with van der Waals surface area (Å²) >= 11 is 0. The maximum absolute atomic E-state index is 6.61. The fourth-order valence-electron chi connectivity index (χ4n) is 4.41. The minimum Gasteiger partial charge on any atom is -0.496 e. The number of nitrogens with two attached hydrogens (primary N) is 1. The van der Waals surface area contributed by atoms with Crippen molar-refractivity contribution >= 4 is 5.69 Å². The smallest absolute Gasteiger partial charge is 0.125 e. The summed E-state index contributed by atoms with van der Waals surface area (Å²) in [4.78, 5) is 0. The molecule has 4 rings (SSSR count). The minimum atomic E-state index is -0.178. The van der Waals surface area contributed by atoms with E-state index in [9.17, 15) is 0 Å². The molecule has 25 heavy (non-hydrogen) atoms. The standard InChI is InChI=1S/C21H25NO3/c1-23-17-10-11-18(24-2)20-19(17)15-8-3-4-9-16(15)25-21(20)13-6-5-7-14(22)12-13/h5-7,10-12,15-16,21H,3-4,8-9,22H2,1-2H3/t15-,16-,21+/m1/s1. The first-order chi connectivity index (χ1) is 12.2. The van der Waals surface area contributed by atoms with Crippen LogP contribution in [0, 0.1) is 0 Å². The summed E-state index contributed by atoms with van der Waals surface area (Å²) in [5.41, 5.74) is 10.2. The summed E-state index contributed by atoms with van der Waals surface area (Å²) in [5.74, 6) is 2.16. The molecule has 2 aliphatic rings. The number of anilines is 1. The van der Waals surface area contributed by atoms with E-state index in [4.69, 9.17) is 19.9 Å². The number of ether oxygens (including phenoxy) is 3. The Morgan fingerprint density at radius 1 is 0.960 bits per heavy atom. The second-order valence-electron chi connectivity index (χ2n) is 6.91. The normalized spacial score (nSPS) is 25.0. The van der Waals surface area contributed by atoms with E-state index in [-0.39, 0.29) is 12.2 Å². The van der Waals surface area contributed by atoms with Crippen molar-refractivity contribution in [1.29, 1.82) is 0 Å². The number of benzene rings is 2. The van der Waals surface area contributed by atoms with Crippen LogP contribution in [0.4, 0.5) is 5.69 Å². The van der Waals surface area contributed by atoms with Crippen molar-refractivity contribution in [2.45, 2.75) is 43.8 Å². The van der Waals surface area contributed by atoms with E-state index in [1.807, 2.05) is 30.3 Å². The van der Waals surface area contributed by atoms with E-state index < -0.39 is 0 Å². The second kappa shape index (κ2) is 6.60. The molecule has 3 atom stereocenters. The van der Waals surface area contributed by atoms with Gasteiger partial charge in [-0.2, -0.15) is 0 Å². The highest BCUT2D eigenvalue weighted by Crippen LogP contribution is 2.52. The van der Waals surface area contributed by atoms with Crippen molar-refractivity contribution in [2.24, 2.45) is 0 Å². The Kier molecular flexibility index (Phi) is 4.30. The van der Waals surface area contributed by atoms with Crippen LogP contribution < -0.4 is 15.2 Å². The zero-order valence-corrected chi connectivity index (χ0v) is 14.8. The van der Waals surface area contributed by atoms with Crippen LogP contribution in [-0.4, -0.2) is 20.3 Å². The van der Waals surface area contributed by atoms with Gasteiger partial charge in [-0.05, 0) is 42.7 Å². The lowest BCUT2D eigenvalue weighted by molar-refractivity contribution is -0.0406. The van der Waals surface area contributed by atoms with E-state index in [0.29, 0.717) is 5.92 Å². The quantitative estimate of drug-likeness (QED) is 0.841. The molecule has 1 fully saturated rings. The van der Waals surface area contributed by atoms with Crippen molar-refractivity contribution in [3.05, 3.63) is 53.1 Å². The van der Waals surface area contributed by atoms with Gasteiger partial charge >= 0.3 is 0 Å². The van der Waals surface area contributed by atoms with E-state index in [2.05, 4.69) is 6.07 Å².